The van der Waals surface area contributed by atoms with Gasteiger partial charge in [-0.05, 0) is 30.4 Å². The number of rotatable bonds is 8. The van der Waals surface area contributed by atoms with Gasteiger partial charge in [0.05, 0.1) is 4.90 Å². The molecule has 0 heterocycles. The van der Waals surface area contributed by atoms with E-state index in [0.717, 1.165) is 18.8 Å². The van der Waals surface area contributed by atoms with Crippen molar-refractivity contribution >= 4 is 10.1 Å². The Hall–Kier alpha value is 0.766. The first-order valence-electron chi connectivity index (χ1n) is 6.95. The summed E-state index contributed by atoms with van der Waals surface area (Å²) in [4.78, 5) is -0.0582. The Kier molecular flexibility index (Phi) is 10.9. The van der Waals surface area contributed by atoms with E-state index in [2.05, 4.69) is 13.8 Å². The quantitative estimate of drug-likeness (QED) is 0.403. The van der Waals surface area contributed by atoms with E-state index in [1.165, 1.54) is 25.3 Å². The molecule has 0 aromatic heterocycles. The Morgan fingerprint density at radius 1 is 1.05 bits per heavy atom. The van der Waals surface area contributed by atoms with Gasteiger partial charge in [0.15, 0.2) is 0 Å². The predicted octanol–water partition coefficient (Wildman–Crippen LogP) is 0.744. The van der Waals surface area contributed by atoms with E-state index in [-0.39, 0.29) is 56.3 Å². The van der Waals surface area contributed by atoms with E-state index in [9.17, 15) is 13.0 Å². The molecule has 0 saturated carbocycles. The monoisotopic (exact) mass is 322 g/mol. The van der Waals surface area contributed by atoms with E-state index >= 15 is 0 Å². The van der Waals surface area contributed by atoms with Crippen molar-refractivity contribution in [1.29, 1.82) is 0 Å². The van der Waals surface area contributed by atoms with E-state index < -0.39 is 10.1 Å². The number of benzene rings is 1. The van der Waals surface area contributed by atoms with E-state index in [0.29, 0.717) is 12.0 Å². The molecular formula is C15H23KO3S. The van der Waals surface area contributed by atoms with Gasteiger partial charge in [-0.1, -0.05) is 57.7 Å². The smallest absolute Gasteiger partial charge is 0.744 e. The standard InChI is InChI=1S/C15H24O3S.K/c1-13(2)9-5-3-4-6-10-14-11-7-8-12-15(14)19(16,17)18;/h7-8,11-13H,3-6,9-10H2,1-2H3,(H,16,17,18);/q;+1/p-1. The van der Waals surface area contributed by atoms with Gasteiger partial charge in [0, 0.05) is 0 Å². The number of unbranched alkanes of at least 4 members (excludes halogenated alkanes) is 3. The van der Waals surface area contributed by atoms with Crippen molar-refractivity contribution in [2.45, 2.75) is 57.3 Å². The molecule has 0 unspecified atom stereocenters. The molecule has 0 fully saturated rings. The Bertz CT molecular complexity index is 484. The van der Waals surface area contributed by atoms with Crippen molar-refractivity contribution in [2.75, 3.05) is 0 Å². The van der Waals surface area contributed by atoms with Crippen LogP contribution in [0, 0.1) is 5.92 Å². The Morgan fingerprint density at radius 2 is 1.65 bits per heavy atom. The summed E-state index contributed by atoms with van der Waals surface area (Å²) < 4.78 is 33.3. The summed E-state index contributed by atoms with van der Waals surface area (Å²) in [7, 11) is -4.34. The number of aryl methyl sites for hydroxylation is 1. The average molecular weight is 323 g/mol. The van der Waals surface area contributed by atoms with Crippen LogP contribution in [0.5, 0.6) is 0 Å². The average Bonchev–Trinajstić information content (AvgIpc) is 2.32. The first-order chi connectivity index (χ1) is 8.91. The molecule has 0 N–H and O–H groups in total. The van der Waals surface area contributed by atoms with Crippen molar-refractivity contribution in [2.24, 2.45) is 5.92 Å². The van der Waals surface area contributed by atoms with E-state index in [1.807, 2.05) is 0 Å². The van der Waals surface area contributed by atoms with Gasteiger partial charge < -0.3 is 4.55 Å². The van der Waals surface area contributed by atoms with Crippen LogP contribution >= 0.6 is 0 Å². The van der Waals surface area contributed by atoms with E-state index in [4.69, 9.17) is 0 Å². The maximum Gasteiger partial charge on any atom is 1.00 e. The van der Waals surface area contributed by atoms with Crippen LogP contribution < -0.4 is 51.4 Å². The fraction of sp³-hybridized carbons (Fsp3) is 0.600. The van der Waals surface area contributed by atoms with Crippen LogP contribution in [0.25, 0.3) is 0 Å². The van der Waals surface area contributed by atoms with Crippen LogP contribution in [-0.2, 0) is 16.5 Å². The van der Waals surface area contributed by atoms with Gasteiger partial charge >= 0.3 is 51.4 Å². The second-order valence-electron chi connectivity index (χ2n) is 5.41. The molecule has 0 radical (unpaired) electrons. The van der Waals surface area contributed by atoms with Crippen molar-refractivity contribution in [3.8, 4) is 0 Å². The molecule has 20 heavy (non-hydrogen) atoms. The molecule has 108 valence electrons. The molecule has 3 nitrogen and oxygen atoms in total. The summed E-state index contributed by atoms with van der Waals surface area (Å²) in [5.41, 5.74) is 0.654. The molecule has 0 aliphatic rings. The summed E-state index contributed by atoms with van der Waals surface area (Å²) in [6.45, 7) is 4.44. The molecule has 1 aromatic carbocycles. The van der Waals surface area contributed by atoms with Gasteiger partial charge in [-0.2, -0.15) is 0 Å². The van der Waals surface area contributed by atoms with Crippen molar-refractivity contribution < 1.29 is 64.4 Å². The first-order valence-corrected chi connectivity index (χ1v) is 8.36. The minimum atomic E-state index is -4.34. The molecule has 0 aliphatic carbocycles. The Morgan fingerprint density at radius 3 is 2.25 bits per heavy atom. The second-order valence-corrected chi connectivity index (χ2v) is 6.76. The third-order valence-corrected chi connectivity index (χ3v) is 4.16. The van der Waals surface area contributed by atoms with Crippen LogP contribution in [0.1, 0.15) is 51.5 Å². The minimum absolute atomic E-state index is 0. The fourth-order valence-corrected chi connectivity index (χ4v) is 2.91. The largest absolute Gasteiger partial charge is 1.00 e. The molecular weight excluding hydrogens is 299 g/mol. The summed E-state index contributed by atoms with van der Waals surface area (Å²) in [6, 6.07) is 6.51. The van der Waals surface area contributed by atoms with Gasteiger partial charge in [-0.25, -0.2) is 8.42 Å². The fourth-order valence-electron chi connectivity index (χ4n) is 2.18. The molecule has 0 bridgehead atoms. The van der Waals surface area contributed by atoms with E-state index in [1.54, 1.807) is 18.2 Å². The summed E-state index contributed by atoms with van der Waals surface area (Å²) >= 11 is 0. The summed E-state index contributed by atoms with van der Waals surface area (Å²) in [5, 5.41) is 0. The van der Waals surface area contributed by atoms with Crippen molar-refractivity contribution in [3.05, 3.63) is 29.8 Å². The molecule has 1 rings (SSSR count). The molecule has 0 amide bonds. The van der Waals surface area contributed by atoms with Gasteiger partial charge in [-0.3, -0.25) is 0 Å². The Labute approximate surface area is 165 Å². The van der Waals surface area contributed by atoms with Crippen LogP contribution in [0.15, 0.2) is 29.2 Å². The molecule has 0 spiro atoms. The normalized spacial score (nSPS) is 11.4. The van der Waals surface area contributed by atoms with Crippen LogP contribution in [0.3, 0.4) is 0 Å². The third kappa shape index (κ3) is 8.27. The van der Waals surface area contributed by atoms with Gasteiger partial charge in [0.25, 0.3) is 0 Å². The Balaban J connectivity index is 0.00000361. The number of hydrogen-bond donors (Lipinski definition) is 0. The molecule has 1 aromatic rings. The summed E-state index contributed by atoms with van der Waals surface area (Å²) in [5.74, 6) is 0.742. The van der Waals surface area contributed by atoms with Gasteiger partial charge in [0.1, 0.15) is 10.1 Å². The van der Waals surface area contributed by atoms with Crippen molar-refractivity contribution in [1.82, 2.24) is 0 Å². The zero-order valence-corrected chi connectivity index (χ0v) is 16.7. The zero-order valence-electron chi connectivity index (χ0n) is 12.8. The topological polar surface area (TPSA) is 57.2 Å². The third-order valence-electron chi connectivity index (χ3n) is 3.22. The SMILES string of the molecule is CC(C)CCCCCCc1ccccc1S(=O)(=O)[O-].[K+]. The maximum absolute atomic E-state index is 11.1. The van der Waals surface area contributed by atoms with Gasteiger partial charge in [0.2, 0.25) is 0 Å². The maximum atomic E-state index is 11.1. The van der Waals surface area contributed by atoms with Crippen LogP contribution in [0.4, 0.5) is 0 Å². The van der Waals surface area contributed by atoms with Crippen LogP contribution in [0.2, 0.25) is 0 Å². The van der Waals surface area contributed by atoms with Gasteiger partial charge in [-0.15, -0.1) is 0 Å². The molecule has 0 atom stereocenters. The van der Waals surface area contributed by atoms with Crippen LogP contribution in [-0.4, -0.2) is 13.0 Å². The molecule has 0 aliphatic heterocycles. The van der Waals surface area contributed by atoms with Crippen molar-refractivity contribution in [3.63, 3.8) is 0 Å². The zero-order chi connectivity index (χ0) is 14.3. The number of hydrogen-bond acceptors (Lipinski definition) is 3. The predicted molar refractivity (Wildman–Crippen MR) is 76.0 cm³/mol. The molecule has 5 heteroatoms. The summed E-state index contributed by atoms with van der Waals surface area (Å²) in [6.07, 6.45) is 6.32. The minimum Gasteiger partial charge on any atom is -0.744 e. The second kappa shape index (κ2) is 10.5. The first kappa shape index (κ1) is 20.8. The molecule has 0 saturated heterocycles.